The maximum absolute atomic E-state index is 14.2. The standard InChI is InChI=1S/C32H47NO/c1-6-33-32(24-13-14-24)31-26(29-21(4)17-22(29)5)18-25(28-19(2)16-20(28)3)30(31)27(34)15-12-23-10-8-7-9-11-23/h7-11,19-22,25-26,28-31,33H,6,12-18H2,1-5H3. The summed E-state index contributed by atoms with van der Waals surface area (Å²) in [5.74, 6) is 7.15. The van der Waals surface area contributed by atoms with Gasteiger partial charge in [-0.3, -0.25) is 4.79 Å². The van der Waals surface area contributed by atoms with Gasteiger partial charge in [0.15, 0.2) is 0 Å². The molecular weight excluding hydrogens is 414 g/mol. The number of ketones is 1. The first-order chi connectivity index (χ1) is 16.4. The summed E-state index contributed by atoms with van der Waals surface area (Å²) in [6.07, 6.45) is 8.08. The highest BCUT2D eigenvalue weighted by molar-refractivity contribution is 5.83. The molecule has 34 heavy (non-hydrogen) atoms. The SMILES string of the molecule is CCNC(=C1CC1)C1C(C2C(C)CC2C)CC(C2C(C)CC2C)C1C(=O)CCc1ccccc1. The van der Waals surface area contributed by atoms with E-state index in [-0.39, 0.29) is 5.92 Å². The molecule has 5 rings (SSSR count). The molecule has 0 heterocycles. The van der Waals surface area contributed by atoms with Gasteiger partial charge in [0.25, 0.3) is 0 Å². The van der Waals surface area contributed by atoms with Crippen LogP contribution in [0.3, 0.4) is 0 Å². The largest absolute Gasteiger partial charge is 0.388 e. The zero-order valence-corrected chi connectivity index (χ0v) is 22.2. The van der Waals surface area contributed by atoms with Crippen molar-refractivity contribution in [2.24, 2.45) is 59.2 Å². The van der Waals surface area contributed by atoms with Crippen LogP contribution in [0.1, 0.15) is 78.7 Å². The van der Waals surface area contributed by atoms with Gasteiger partial charge in [-0.15, -0.1) is 0 Å². The molecule has 0 spiro atoms. The lowest BCUT2D eigenvalue weighted by Gasteiger charge is -2.48. The molecule has 0 amide bonds. The summed E-state index contributed by atoms with van der Waals surface area (Å²) in [4.78, 5) is 14.2. The summed E-state index contributed by atoms with van der Waals surface area (Å²) in [5, 5.41) is 3.85. The molecule has 0 aromatic heterocycles. The predicted octanol–water partition coefficient (Wildman–Crippen LogP) is 7.30. The fraction of sp³-hybridized carbons (Fsp3) is 0.719. The molecule has 0 radical (unpaired) electrons. The zero-order valence-electron chi connectivity index (χ0n) is 22.2. The number of carbonyl (C=O) groups excluding carboxylic acids is 1. The lowest BCUT2D eigenvalue weighted by molar-refractivity contribution is -0.127. The third-order valence-electron chi connectivity index (χ3n) is 10.4. The summed E-state index contributed by atoms with van der Waals surface area (Å²) in [7, 11) is 0. The Morgan fingerprint density at radius 1 is 0.824 bits per heavy atom. The summed E-state index contributed by atoms with van der Waals surface area (Å²) in [5.41, 5.74) is 4.45. The molecule has 0 saturated heterocycles. The second-order valence-electron chi connectivity index (χ2n) is 12.6. The molecular formula is C32H47NO. The van der Waals surface area contributed by atoms with Crippen molar-refractivity contribution in [3.63, 3.8) is 0 Å². The molecule has 186 valence electrons. The van der Waals surface area contributed by atoms with Crippen molar-refractivity contribution in [3.05, 3.63) is 47.2 Å². The molecule has 4 saturated carbocycles. The van der Waals surface area contributed by atoms with E-state index in [0.29, 0.717) is 30.0 Å². The molecule has 8 unspecified atom stereocenters. The van der Waals surface area contributed by atoms with Crippen molar-refractivity contribution in [1.29, 1.82) is 0 Å². The molecule has 4 aliphatic carbocycles. The first-order valence-corrected chi connectivity index (χ1v) is 14.4. The van der Waals surface area contributed by atoms with E-state index in [9.17, 15) is 4.79 Å². The van der Waals surface area contributed by atoms with Crippen LogP contribution in [0.5, 0.6) is 0 Å². The van der Waals surface area contributed by atoms with Gasteiger partial charge in [0.05, 0.1) is 0 Å². The van der Waals surface area contributed by atoms with Crippen LogP contribution in [0, 0.1) is 59.2 Å². The summed E-state index contributed by atoms with van der Waals surface area (Å²) >= 11 is 0. The van der Waals surface area contributed by atoms with Gasteiger partial charge in [0.2, 0.25) is 0 Å². The summed E-state index contributed by atoms with van der Waals surface area (Å²) in [6.45, 7) is 13.1. The molecule has 0 aliphatic heterocycles. The van der Waals surface area contributed by atoms with E-state index in [1.807, 2.05) is 0 Å². The molecule has 1 aromatic rings. The predicted molar refractivity (Wildman–Crippen MR) is 141 cm³/mol. The minimum Gasteiger partial charge on any atom is -0.388 e. The Bertz CT molecular complexity index is 881. The first-order valence-electron chi connectivity index (χ1n) is 14.4. The Hall–Kier alpha value is -1.57. The molecule has 2 heteroatoms. The van der Waals surface area contributed by atoms with Crippen LogP contribution in [0.25, 0.3) is 0 Å². The summed E-state index contributed by atoms with van der Waals surface area (Å²) < 4.78 is 0. The smallest absolute Gasteiger partial charge is 0.137 e. The highest BCUT2D eigenvalue weighted by Gasteiger charge is 2.58. The van der Waals surface area contributed by atoms with E-state index < -0.39 is 0 Å². The lowest BCUT2D eigenvalue weighted by atomic mass is 9.57. The van der Waals surface area contributed by atoms with Crippen LogP contribution in [-0.2, 0) is 11.2 Å². The lowest BCUT2D eigenvalue weighted by Crippen LogP contribution is -2.44. The first kappa shape index (κ1) is 24.1. The number of allylic oxidation sites excluding steroid dienone is 2. The third-order valence-corrected chi connectivity index (χ3v) is 10.4. The highest BCUT2D eigenvalue weighted by Crippen LogP contribution is 2.62. The van der Waals surface area contributed by atoms with Gasteiger partial charge >= 0.3 is 0 Å². The average Bonchev–Trinajstić information content (AvgIpc) is 3.59. The van der Waals surface area contributed by atoms with Crippen molar-refractivity contribution in [3.8, 4) is 0 Å². The van der Waals surface area contributed by atoms with E-state index in [1.54, 1.807) is 5.57 Å². The van der Waals surface area contributed by atoms with Crippen molar-refractivity contribution in [1.82, 2.24) is 5.32 Å². The fourth-order valence-corrected chi connectivity index (χ4v) is 9.06. The topological polar surface area (TPSA) is 29.1 Å². The van der Waals surface area contributed by atoms with Crippen LogP contribution in [-0.4, -0.2) is 12.3 Å². The number of carbonyl (C=O) groups is 1. The van der Waals surface area contributed by atoms with Gasteiger partial charge in [0, 0.05) is 30.5 Å². The fourth-order valence-electron chi connectivity index (χ4n) is 9.06. The minimum atomic E-state index is 0.214. The van der Waals surface area contributed by atoms with Gasteiger partial charge in [0.1, 0.15) is 5.78 Å². The average molecular weight is 462 g/mol. The van der Waals surface area contributed by atoms with E-state index in [4.69, 9.17) is 0 Å². The molecule has 1 N–H and O–H groups in total. The van der Waals surface area contributed by atoms with Crippen LogP contribution >= 0.6 is 0 Å². The number of benzene rings is 1. The Morgan fingerprint density at radius 3 is 1.88 bits per heavy atom. The van der Waals surface area contributed by atoms with Crippen LogP contribution in [0.4, 0.5) is 0 Å². The quantitative estimate of drug-likeness (QED) is 0.418. The number of aryl methyl sites for hydroxylation is 1. The number of rotatable bonds is 9. The van der Waals surface area contributed by atoms with Crippen LogP contribution in [0.2, 0.25) is 0 Å². The van der Waals surface area contributed by atoms with Crippen LogP contribution < -0.4 is 5.32 Å². The van der Waals surface area contributed by atoms with Gasteiger partial charge in [-0.1, -0.05) is 63.6 Å². The Kier molecular flexibility index (Phi) is 6.97. The number of Topliss-reactive ketones (excluding diaryl/α,β-unsaturated/α-hetero) is 1. The normalized spacial score (nSPS) is 40.9. The molecule has 4 fully saturated rings. The zero-order chi connectivity index (χ0) is 24.0. The Balaban J connectivity index is 1.49. The molecule has 2 nitrogen and oxygen atoms in total. The second-order valence-corrected chi connectivity index (χ2v) is 12.6. The Morgan fingerprint density at radius 2 is 1.38 bits per heavy atom. The maximum atomic E-state index is 14.2. The maximum Gasteiger partial charge on any atom is 0.137 e. The molecule has 0 bridgehead atoms. The third kappa shape index (κ3) is 4.40. The molecule has 8 atom stereocenters. The van der Waals surface area contributed by atoms with Gasteiger partial charge in [-0.2, -0.15) is 0 Å². The number of hydrogen-bond acceptors (Lipinski definition) is 2. The van der Waals surface area contributed by atoms with E-state index >= 15 is 0 Å². The highest BCUT2D eigenvalue weighted by atomic mass is 16.1. The minimum absolute atomic E-state index is 0.214. The number of nitrogens with one attached hydrogen (secondary N) is 1. The Labute approximate surface area is 208 Å². The van der Waals surface area contributed by atoms with Crippen molar-refractivity contribution in [2.75, 3.05) is 6.54 Å². The van der Waals surface area contributed by atoms with Gasteiger partial charge in [-0.05, 0) is 98.4 Å². The second kappa shape index (κ2) is 9.82. The van der Waals surface area contributed by atoms with Crippen molar-refractivity contribution >= 4 is 5.78 Å². The van der Waals surface area contributed by atoms with Crippen molar-refractivity contribution < 1.29 is 4.79 Å². The van der Waals surface area contributed by atoms with E-state index in [1.165, 1.54) is 43.4 Å². The monoisotopic (exact) mass is 461 g/mol. The summed E-state index contributed by atoms with van der Waals surface area (Å²) in [6, 6.07) is 10.7. The van der Waals surface area contributed by atoms with Gasteiger partial charge in [-0.25, -0.2) is 0 Å². The molecule has 4 aliphatic rings. The van der Waals surface area contributed by atoms with Crippen molar-refractivity contribution in [2.45, 2.75) is 79.6 Å². The number of hydrogen-bond donors (Lipinski definition) is 1. The molecule has 1 aromatic carbocycles. The van der Waals surface area contributed by atoms with E-state index in [2.05, 4.69) is 70.3 Å². The van der Waals surface area contributed by atoms with Crippen LogP contribution in [0.15, 0.2) is 41.6 Å². The van der Waals surface area contributed by atoms with Gasteiger partial charge < -0.3 is 5.32 Å². The van der Waals surface area contributed by atoms with E-state index in [0.717, 1.165) is 48.5 Å².